The molecule has 0 radical (unpaired) electrons. The number of rotatable bonds is 8. The zero-order valence-electron chi connectivity index (χ0n) is 12.3. The molecule has 0 aliphatic heterocycles. The first-order valence-electron chi connectivity index (χ1n) is 7.69. The van der Waals surface area contributed by atoms with E-state index in [0.29, 0.717) is 6.42 Å². The zero-order valence-corrected chi connectivity index (χ0v) is 12.3. The first-order valence-corrected chi connectivity index (χ1v) is 7.69. The number of fused-ring (bicyclic) bond motifs is 1. The van der Waals surface area contributed by atoms with Crippen LogP contribution >= 0.6 is 0 Å². The highest BCUT2D eigenvalue weighted by atomic mass is 16.1. The SMILES string of the molecule is CCCCCCCCC(=O)c1cccc2ccncc12. The lowest BCUT2D eigenvalue weighted by molar-refractivity contribution is 0.0980. The van der Waals surface area contributed by atoms with Crippen LogP contribution in [-0.4, -0.2) is 10.8 Å². The summed E-state index contributed by atoms with van der Waals surface area (Å²) in [5.74, 6) is 0.249. The number of hydrogen-bond acceptors (Lipinski definition) is 2. The number of nitrogens with zero attached hydrogens (tertiary/aromatic N) is 1. The number of benzene rings is 1. The second-order valence-electron chi connectivity index (χ2n) is 5.34. The molecule has 2 nitrogen and oxygen atoms in total. The summed E-state index contributed by atoms with van der Waals surface area (Å²) in [5, 5.41) is 2.07. The Morgan fingerprint density at radius 2 is 1.85 bits per heavy atom. The Bertz CT molecular complexity index is 557. The number of pyridine rings is 1. The fraction of sp³-hybridized carbons (Fsp3) is 0.444. The van der Waals surface area contributed by atoms with E-state index in [1.807, 2.05) is 24.3 Å². The van der Waals surface area contributed by atoms with E-state index in [1.54, 1.807) is 12.4 Å². The molecule has 0 spiro atoms. The standard InChI is InChI=1S/C18H23NO/c1-2-3-4-5-6-7-11-18(20)16-10-8-9-15-12-13-19-14-17(15)16/h8-10,12-14H,2-7,11H2,1H3. The number of carbonyl (C=O) groups excluding carboxylic acids is 1. The van der Waals surface area contributed by atoms with E-state index in [0.717, 1.165) is 29.2 Å². The van der Waals surface area contributed by atoms with Gasteiger partial charge in [-0.15, -0.1) is 0 Å². The Labute approximate surface area is 121 Å². The first kappa shape index (κ1) is 14.7. The average Bonchev–Trinajstić information content (AvgIpc) is 2.50. The fourth-order valence-electron chi connectivity index (χ4n) is 2.56. The van der Waals surface area contributed by atoms with Crippen LogP contribution in [-0.2, 0) is 0 Å². The minimum absolute atomic E-state index is 0.249. The van der Waals surface area contributed by atoms with E-state index in [9.17, 15) is 4.79 Å². The first-order chi connectivity index (χ1) is 9.83. The van der Waals surface area contributed by atoms with Crippen molar-refractivity contribution in [1.82, 2.24) is 4.98 Å². The zero-order chi connectivity index (χ0) is 14.2. The van der Waals surface area contributed by atoms with Crippen molar-refractivity contribution in [3.63, 3.8) is 0 Å². The van der Waals surface area contributed by atoms with Crippen molar-refractivity contribution in [3.05, 3.63) is 42.2 Å². The third-order valence-electron chi connectivity index (χ3n) is 3.74. The van der Waals surface area contributed by atoms with Crippen LogP contribution in [0.3, 0.4) is 0 Å². The number of unbranched alkanes of at least 4 members (excludes halogenated alkanes) is 5. The smallest absolute Gasteiger partial charge is 0.163 e. The minimum atomic E-state index is 0.249. The van der Waals surface area contributed by atoms with Crippen LogP contribution in [0, 0.1) is 0 Å². The van der Waals surface area contributed by atoms with Crippen LogP contribution in [0.1, 0.15) is 62.2 Å². The average molecular weight is 269 g/mol. The van der Waals surface area contributed by atoms with Gasteiger partial charge < -0.3 is 0 Å². The Morgan fingerprint density at radius 1 is 1.05 bits per heavy atom. The Balaban J connectivity index is 1.91. The van der Waals surface area contributed by atoms with Crippen LogP contribution < -0.4 is 0 Å². The molecule has 2 aromatic rings. The van der Waals surface area contributed by atoms with E-state index in [1.165, 1.54) is 25.7 Å². The molecular weight excluding hydrogens is 246 g/mol. The molecule has 0 N–H and O–H groups in total. The predicted octanol–water partition coefficient (Wildman–Crippen LogP) is 5.17. The molecule has 20 heavy (non-hydrogen) atoms. The van der Waals surface area contributed by atoms with E-state index < -0.39 is 0 Å². The molecule has 0 saturated heterocycles. The second-order valence-corrected chi connectivity index (χ2v) is 5.34. The normalized spacial score (nSPS) is 10.8. The maximum absolute atomic E-state index is 12.3. The van der Waals surface area contributed by atoms with Gasteiger partial charge in [0.05, 0.1) is 0 Å². The summed E-state index contributed by atoms with van der Waals surface area (Å²) in [6, 6.07) is 7.86. The Hall–Kier alpha value is -1.70. The van der Waals surface area contributed by atoms with Gasteiger partial charge in [-0.3, -0.25) is 9.78 Å². The summed E-state index contributed by atoms with van der Waals surface area (Å²) < 4.78 is 0. The topological polar surface area (TPSA) is 30.0 Å². The third kappa shape index (κ3) is 3.89. The van der Waals surface area contributed by atoms with Crippen molar-refractivity contribution in [1.29, 1.82) is 0 Å². The Morgan fingerprint density at radius 3 is 2.70 bits per heavy atom. The number of ketones is 1. The Kier molecular flexibility index (Phi) is 5.72. The lowest BCUT2D eigenvalue weighted by Crippen LogP contribution is -2.00. The van der Waals surface area contributed by atoms with Gasteiger partial charge >= 0.3 is 0 Å². The molecule has 1 aromatic heterocycles. The summed E-state index contributed by atoms with van der Waals surface area (Å²) in [5.41, 5.74) is 0.823. The number of carbonyl (C=O) groups is 1. The van der Waals surface area contributed by atoms with Gasteiger partial charge in [0, 0.05) is 29.8 Å². The van der Waals surface area contributed by atoms with Crippen molar-refractivity contribution in [3.8, 4) is 0 Å². The molecule has 2 rings (SSSR count). The summed E-state index contributed by atoms with van der Waals surface area (Å²) in [6.07, 6.45) is 11.5. The van der Waals surface area contributed by atoms with Gasteiger partial charge in [0.2, 0.25) is 0 Å². The summed E-state index contributed by atoms with van der Waals surface area (Å²) in [7, 11) is 0. The van der Waals surface area contributed by atoms with Gasteiger partial charge in [-0.25, -0.2) is 0 Å². The van der Waals surface area contributed by atoms with Crippen molar-refractivity contribution >= 4 is 16.6 Å². The highest BCUT2D eigenvalue weighted by molar-refractivity contribution is 6.07. The monoisotopic (exact) mass is 269 g/mol. The van der Waals surface area contributed by atoms with Gasteiger partial charge in [-0.2, -0.15) is 0 Å². The van der Waals surface area contributed by atoms with E-state index >= 15 is 0 Å². The van der Waals surface area contributed by atoms with Crippen LogP contribution in [0.4, 0.5) is 0 Å². The maximum Gasteiger partial charge on any atom is 0.163 e. The molecular formula is C18H23NO. The third-order valence-corrected chi connectivity index (χ3v) is 3.74. The molecule has 1 aromatic carbocycles. The fourth-order valence-corrected chi connectivity index (χ4v) is 2.56. The minimum Gasteiger partial charge on any atom is -0.294 e. The van der Waals surface area contributed by atoms with Crippen LogP contribution in [0.25, 0.3) is 10.8 Å². The van der Waals surface area contributed by atoms with Crippen LogP contribution in [0.5, 0.6) is 0 Å². The molecule has 2 heteroatoms. The van der Waals surface area contributed by atoms with Crippen molar-refractivity contribution in [2.24, 2.45) is 0 Å². The van der Waals surface area contributed by atoms with E-state index in [-0.39, 0.29) is 5.78 Å². The van der Waals surface area contributed by atoms with Gasteiger partial charge in [0.15, 0.2) is 5.78 Å². The molecule has 106 valence electrons. The molecule has 0 amide bonds. The summed E-state index contributed by atoms with van der Waals surface area (Å²) in [4.78, 5) is 16.5. The quantitative estimate of drug-likeness (QED) is 0.489. The molecule has 0 atom stereocenters. The predicted molar refractivity (Wildman–Crippen MR) is 84.1 cm³/mol. The lowest BCUT2D eigenvalue weighted by atomic mass is 9.99. The molecule has 0 aliphatic carbocycles. The molecule has 0 saturated carbocycles. The molecule has 0 unspecified atom stereocenters. The van der Waals surface area contributed by atoms with Crippen molar-refractivity contribution < 1.29 is 4.79 Å². The molecule has 1 heterocycles. The largest absolute Gasteiger partial charge is 0.294 e. The summed E-state index contributed by atoms with van der Waals surface area (Å²) >= 11 is 0. The van der Waals surface area contributed by atoms with E-state index in [2.05, 4.69) is 11.9 Å². The molecule has 0 aliphatic rings. The van der Waals surface area contributed by atoms with Gasteiger partial charge in [-0.05, 0) is 17.9 Å². The molecule has 0 bridgehead atoms. The highest BCUT2D eigenvalue weighted by Gasteiger charge is 2.09. The lowest BCUT2D eigenvalue weighted by Gasteiger charge is -2.05. The summed E-state index contributed by atoms with van der Waals surface area (Å²) in [6.45, 7) is 2.22. The van der Waals surface area contributed by atoms with Crippen molar-refractivity contribution in [2.45, 2.75) is 51.9 Å². The van der Waals surface area contributed by atoms with Crippen LogP contribution in [0.2, 0.25) is 0 Å². The number of aromatic nitrogens is 1. The molecule has 0 fully saturated rings. The van der Waals surface area contributed by atoms with Gasteiger partial charge in [0.1, 0.15) is 0 Å². The van der Waals surface area contributed by atoms with Crippen molar-refractivity contribution in [2.75, 3.05) is 0 Å². The number of hydrogen-bond donors (Lipinski definition) is 0. The van der Waals surface area contributed by atoms with Crippen LogP contribution in [0.15, 0.2) is 36.7 Å². The van der Waals surface area contributed by atoms with E-state index in [4.69, 9.17) is 0 Å². The highest BCUT2D eigenvalue weighted by Crippen LogP contribution is 2.20. The second kappa shape index (κ2) is 7.78. The van der Waals surface area contributed by atoms with Gasteiger partial charge in [-0.1, -0.05) is 57.2 Å². The maximum atomic E-state index is 12.3. The van der Waals surface area contributed by atoms with Gasteiger partial charge in [0.25, 0.3) is 0 Å². The number of Topliss-reactive ketones (excluding diaryl/α,β-unsaturated/α-hetero) is 1.